The number of rotatable bonds is 4. The van der Waals surface area contributed by atoms with Crippen LogP contribution in [-0.2, 0) is 10.0 Å². The fourth-order valence-corrected chi connectivity index (χ4v) is 4.40. The molecular formula is C15H22N2O4S. The maximum Gasteiger partial charge on any atom is 0.273 e. The predicted molar refractivity (Wildman–Crippen MR) is 84.3 cm³/mol. The Hall–Kier alpha value is -1.47. The number of nitro benzene ring substituents is 1. The summed E-state index contributed by atoms with van der Waals surface area (Å²) in [7, 11) is -3.74. The van der Waals surface area contributed by atoms with E-state index >= 15 is 0 Å². The third-order valence-electron chi connectivity index (χ3n) is 4.54. The third-order valence-corrected chi connectivity index (χ3v) is 6.01. The molecule has 1 aromatic carbocycles. The van der Waals surface area contributed by atoms with Gasteiger partial charge >= 0.3 is 0 Å². The Kier molecular flexibility index (Phi) is 4.87. The Morgan fingerprint density at radius 2 is 1.86 bits per heavy atom. The minimum atomic E-state index is -3.74. The molecule has 22 heavy (non-hydrogen) atoms. The van der Waals surface area contributed by atoms with E-state index in [0.717, 1.165) is 31.7 Å². The molecule has 0 amide bonds. The van der Waals surface area contributed by atoms with Crippen molar-refractivity contribution in [2.75, 3.05) is 0 Å². The number of nitrogens with one attached hydrogen (secondary N) is 1. The summed E-state index contributed by atoms with van der Waals surface area (Å²) in [5.41, 5.74) is 0.943. The quantitative estimate of drug-likeness (QED) is 0.680. The monoisotopic (exact) mass is 326 g/mol. The van der Waals surface area contributed by atoms with Crippen molar-refractivity contribution < 1.29 is 13.3 Å². The first kappa shape index (κ1) is 16.9. The Balaban J connectivity index is 2.35. The molecular weight excluding hydrogens is 304 g/mol. The van der Waals surface area contributed by atoms with Crippen LogP contribution in [0.15, 0.2) is 17.0 Å². The van der Waals surface area contributed by atoms with E-state index in [1.54, 1.807) is 13.8 Å². The molecule has 2 atom stereocenters. The summed E-state index contributed by atoms with van der Waals surface area (Å²) in [5.74, 6) is 0.282. The number of hydrogen-bond donors (Lipinski definition) is 1. The summed E-state index contributed by atoms with van der Waals surface area (Å²) in [6.45, 7) is 5.35. The lowest BCUT2D eigenvalue weighted by atomic mass is 9.87. The Morgan fingerprint density at radius 3 is 2.45 bits per heavy atom. The molecule has 2 rings (SSSR count). The second kappa shape index (κ2) is 6.34. The second-order valence-corrected chi connectivity index (χ2v) is 7.84. The van der Waals surface area contributed by atoms with Gasteiger partial charge in [0.2, 0.25) is 10.0 Å². The SMILES string of the molecule is Cc1cc(S(=O)(=O)NC2CCCCC2C)cc([N+](=O)[O-])c1C. The summed E-state index contributed by atoms with van der Waals surface area (Å²) in [5, 5.41) is 11.1. The molecule has 0 heterocycles. The molecule has 1 fully saturated rings. The van der Waals surface area contributed by atoms with Crippen LogP contribution in [0.25, 0.3) is 0 Å². The van der Waals surface area contributed by atoms with Gasteiger partial charge in [0.05, 0.1) is 9.82 Å². The van der Waals surface area contributed by atoms with E-state index in [0.29, 0.717) is 11.1 Å². The van der Waals surface area contributed by atoms with Gasteiger partial charge in [-0.25, -0.2) is 13.1 Å². The topological polar surface area (TPSA) is 89.3 Å². The lowest BCUT2D eigenvalue weighted by Gasteiger charge is -2.29. The average Bonchev–Trinajstić information content (AvgIpc) is 2.43. The van der Waals surface area contributed by atoms with Crippen molar-refractivity contribution in [3.05, 3.63) is 33.4 Å². The van der Waals surface area contributed by atoms with Crippen molar-refractivity contribution in [1.29, 1.82) is 0 Å². The minimum absolute atomic E-state index is 0.0277. The molecule has 0 radical (unpaired) electrons. The smallest absolute Gasteiger partial charge is 0.258 e. The first-order valence-corrected chi connectivity index (χ1v) is 8.98. The van der Waals surface area contributed by atoms with E-state index in [9.17, 15) is 18.5 Å². The number of nitrogens with zero attached hydrogens (tertiary/aromatic N) is 1. The molecule has 7 heteroatoms. The first-order chi connectivity index (χ1) is 10.2. The standard InChI is InChI=1S/C15H22N2O4S/c1-10-6-4-5-7-14(10)16-22(20,21)13-8-11(2)12(3)15(9-13)17(18)19/h8-10,14,16H,4-7H2,1-3H3. The van der Waals surface area contributed by atoms with Crippen molar-refractivity contribution in [1.82, 2.24) is 4.72 Å². The molecule has 0 aliphatic heterocycles. The van der Waals surface area contributed by atoms with Gasteiger partial charge in [-0.2, -0.15) is 0 Å². The van der Waals surface area contributed by atoms with Crippen molar-refractivity contribution in [3.8, 4) is 0 Å². The van der Waals surface area contributed by atoms with Crippen LogP contribution in [0.5, 0.6) is 0 Å². The molecule has 2 unspecified atom stereocenters. The maximum absolute atomic E-state index is 12.6. The van der Waals surface area contributed by atoms with Gasteiger partial charge in [0.1, 0.15) is 0 Å². The van der Waals surface area contributed by atoms with Crippen LogP contribution in [0.3, 0.4) is 0 Å². The summed E-state index contributed by atoms with van der Waals surface area (Å²) in [4.78, 5) is 10.5. The number of sulfonamides is 1. The lowest BCUT2D eigenvalue weighted by Crippen LogP contribution is -2.41. The number of benzene rings is 1. The highest BCUT2D eigenvalue weighted by atomic mass is 32.2. The highest BCUT2D eigenvalue weighted by molar-refractivity contribution is 7.89. The van der Waals surface area contributed by atoms with E-state index in [1.807, 2.05) is 6.92 Å². The summed E-state index contributed by atoms with van der Waals surface area (Å²) < 4.78 is 27.8. The molecule has 0 aromatic heterocycles. The van der Waals surface area contributed by atoms with Gasteiger partial charge in [-0.05, 0) is 44.2 Å². The van der Waals surface area contributed by atoms with Crippen molar-refractivity contribution >= 4 is 15.7 Å². The molecule has 1 N–H and O–H groups in total. The molecule has 0 bridgehead atoms. The molecule has 1 aliphatic carbocycles. The third kappa shape index (κ3) is 3.47. The number of nitro groups is 1. The Morgan fingerprint density at radius 1 is 1.23 bits per heavy atom. The van der Waals surface area contributed by atoms with E-state index in [2.05, 4.69) is 4.72 Å². The average molecular weight is 326 g/mol. The Labute approximate surface area is 131 Å². The maximum atomic E-state index is 12.6. The fourth-order valence-electron chi connectivity index (χ4n) is 2.91. The molecule has 1 aromatic rings. The fraction of sp³-hybridized carbons (Fsp3) is 0.600. The van der Waals surface area contributed by atoms with E-state index in [1.165, 1.54) is 6.07 Å². The summed E-state index contributed by atoms with van der Waals surface area (Å²) >= 11 is 0. The second-order valence-electron chi connectivity index (χ2n) is 6.13. The molecule has 1 aliphatic rings. The van der Waals surface area contributed by atoms with E-state index in [-0.39, 0.29) is 22.5 Å². The highest BCUT2D eigenvalue weighted by Gasteiger charge is 2.28. The van der Waals surface area contributed by atoms with Crippen LogP contribution in [-0.4, -0.2) is 19.4 Å². The van der Waals surface area contributed by atoms with Gasteiger partial charge in [-0.1, -0.05) is 19.8 Å². The van der Waals surface area contributed by atoms with Gasteiger partial charge < -0.3 is 0 Å². The first-order valence-electron chi connectivity index (χ1n) is 7.50. The summed E-state index contributed by atoms with van der Waals surface area (Å²) in [6, 6.07) is 2.55. The molecule has 0 spiro atoms. The number of hydrogen-bond acceptors (Lipinski definition) is 4. The molecule has 0 saturated heterocycles. The van der Waals surface area contributed by atoms with Crippen molar-refractivity contribution in [2.24, 2.45) is 5.92 Å². The molecule has 6 nitrogen and oxygen atoms in total. The van der Waals surface area contributed by atoms with Gasteiger partial charge in [-0.15, -0.1) is 0 Å². The van der Waals surface area contributed by atoms with Gasteiger partial charge in [-0.3, -0.25) is 10.1 Å². The largest absolute Gasteiger partial charge is 0.273 e. The van der Waals surface area contributed by atoms with E-state index < -0.39 is 14.9 Å². The predicted octanol–water partition coefficient (Wildman–Crippen LogP) is 3.07. The van der Waals surface area contributed by atoms with Crippen LogP contribution in [0.4, 0.5) is 5.69 Å². The van der Waals surface area contributed by atoms with Crippen LogP contribution < -0.4 is 4.72 Å². The summed E-state index contributed by atoms with van der Waals surface area (Å²) in [6.07, 6.45) is 3.94. The molecule has 1 saturated carbocycles. The van der Waals surface area contributed by atoms with Gasteiger partial charge in [0.25, 0.3) is 5.69 Å². The minimum Gasteiger partial charge on any atom is -0.258 e. The zero-order chi connectivity index (χ0) is 16.5. The molecule has 122 valence electrons. The van der Waals surface area contributed by atoms with Gasteiger partial charge in [0.15, 0.2) is 0 Å². The van der Waals surface area contributed by atoms with Crippen molar-refractivity contribution in [2.45, 2.75) is 57.4 Å². The number of aryl methyl sites for hydroxylation is 1. The van der Waals surface area contributed by atoms with E-state index in [4.69, 9.17) is 0 Å². The van der Waals surface area contributed by atoms with Crippen LogP contribution in [0, 0.1) is 29.9 Å². The Bertz CT molecular complexity index is 685. The van der Waals surface area contributed by atoms with Crippen LogP contribution >= 0.6 is 0 Å². The zero-order valence-electron chi connectivity index (χ0n) is 13.1. The zero-order valence-corrected chi connectivity index (χ0v) is 13.9. The normalized spacial score (nSPS) is 22.5. The lowest BCUT2D eigenvalue weighted by molar-refractivity contribution is -0.385. The van der Waals surface area contributed by atoms with Crippen LogP contribution in [0.2, 0.25) is 0 Å². The van der Waals surface area contributed by atoms with Crippen LogP contribution in [0.1, 0.15) is 43.7 Å². The highest BCUT2D eigenvalue weighted by Crippen LogP contribution is 2.28. The van der Waals surface area contributed by atoms with Gasteiger partial charge in [0, 0.05) is 17.7 Å². The van der Waals surface area contributed by atoms with Crippen molar-refractivity contribution in [3.63, 3.8) is 0 Å².